The highest BCUT2D eigenvalue weighted by atomic mass is 15.2. The lowest BCUT2D eigenvalue weighted by Gasteiger charge is -2.42. The lowest BCUT2D eigenvalue weighted by molar-refractivity contribution is 0.632. The van der Waals surface area contributed by atoms with E-state index in [2.05, 4.69) is 230 Å². The molecule has 3 heterocycles. The molecule has 4 heteroatoms. The molecular weight excluding hydrogens is 777 g/mol. The maximum Gasteiger partial charge on any atom is 0.235 e. The Morgan fingerprint density at radius 3 is 1.72 bits per heavy atom. The zero-order valence-corrected chi connectivity index (χ0v) is 35.4. The van der Waals surface area contributed by atoms with Crippen LogP contribution in [0.1, 0.15) is 47.2 Å². The van der Waals surface area contributed by atoms with E-state index in [1.165, 1.54) is 72.1 Å². The third kappa shape index (κ3) is 4.46. The maximum absolute atomic E-state index is 5.75. The number of nitrogens with zero attached hydrogens (tertiary/aromatic N) is 4. The largest absolute Gasteiger partial charge is 0.308 e. The molecule has 0 atom stereocenters. The van der Waals surface area contributed by atoms with Gasteiger partial charge in [0.1, 0.15) is 0 Å². The Morgan fingerprint density at radius 1 is 0.422 bits per heavy atom. The van der Waals surface area contributed by atoms with E-state index in [1.807, 2.05) is 0 Å². The molecule has 0 unspecified atom stereocenters. The van der Waals surface area contributed by atoms with Gasteiger partial charge < -0.3 is 4.90 Å². The zero-order chi connectivity index (χ0) is 42.3. The van der Waals surface area contributed by atoms with Crippen LogP contribution < -0.4 is 4.90 Å². The van der Waals surface area contributed by atoms with Gasteiger partial charge in [-0.05, 0) is 92.0 Å². The standard InChI is InChI=1S/C60H40N4/c1-59(2)49-28-14-17-31-54(49)63(38-18-4-3-5-19-38)57-50(59)35-34-44-43-23-10-16-30-53(43)64(56(44)57)58-61-52-29-15-9-24-45(52)55(62-58)37-32-33-42-41-22-8-13-27-48(41)60(51(42)36-37)46-25-11-6-20-39(46)40-21-7-12-26-47(40)60/h3-36H,1-2H3. The number of aromatic nitrogens is 3. The number of anilines is 3. The fourth-order valence-corrected chi connectivity index (χ4v) is 11.9. The Balaban J connectivity index is 1.07. The van der Waals surface area contributed by atoms with E-state index in [4.69, 9.17) is 9.97 Å². The van der Waals surface area contributed by atoms with Crippen LogP contribution in [-0.4, -0.2) is 14.5 Å². The second-order valence-corrected chi connectivity index (χ2v) is 18.1. The number of hydrogen-bond acceptors (Lipinski definition) is 3. The quantitative estimate of drug-likeness (QED) is 0.178. The van der Waals surface area contributed by atoms with Gasteiger partial charge in [-0.1, -0.05) is 184 Å². The van der Waals surface area contributed by atoms with Crippen molar-refractivity contribution in [2.24, 2.45) is 0 Å². The summed E-state index contributed by atoms with van der Waals surface area (Å²) in [4.78, 5) is 13.7. The SMILES string of the molecule is CC1(C)c2ccccc2N(c2ccccc2)c2c1ccc1c3ccccc3n(-c3nc(-c4ccc5c(c4)C4(c6ccccc6-c6ccccc64)c4ccccc4-5)c4ccccc4n3)c21. The molecule has 4 nitrogen and oxygen atoms in total. The van der Waals surface area contributed by atoms with Gasteiger partial charge >= 0.3 is 0 Å². The summed E-state index contributed by atoms with van der Waals surface area (Å²) < 4.78 is 2.34. The van der Waals surface area contributed by atoms with Crippen LogP contribution in [0.15, 0.2) is 206 Å². The maximum atomic E-state index is 5.75. The summed E-state index contributed by atoms with van der Waals surface area (Å²) in [6.45, 7) is 4.72. The van der Waals surface area contributed by atoms with E-state index < -0.39 is 5.41 Å². The second kappa shape index (κ2) is 12.7. The monoisotopic (exact) mass is 816 g/mol. The molecule has 0 saturated carbocycles. The Morgan fingerprint density at radius 2 is 1.00 bits per heavy atom. The van der Waals surface area contributed by atoms with Crippen molar-refractivity contribution in [1.29, 1.82) is 0 Å². The van der Waals surface area contributed by atoms with Crippen LogP contribution in [0.25, 0.3) is 72.2 Å². The average molecular weight is 817 g/mol. The normalized spacial score (nSPS) is 14.6. The molecule has 1 aliphatic heterocycles. The molecule has 64 heavy (non-hydrogen) atoms. The number of benzene rings is 9. The number of fused-ring (bicyclic) bond motifs is 17. The van der Waals surface area contributed by atoms with Gasteiger partial charge in [0, 0.05) is 32.8 Å². The molecule has 14 rings (SSSR count). The summed E-state index contributed by atoms with van der Waals surface area (Å²) in [7, 11) is 0. The lowest BCUT2D eigenvalue weighted by Crippen LogP contribution is -2.31. The zero-order valence-electron chi connectivity index (χ0n) is 35.4. The minimum absolute atomic E-state index is 0.280. The summed E-state index contributed by atoms with van der Waals surface area (Å²) in [5, 5.41) is 3.35. The smallest absolute Gasteiger partial charge is 0.235 e. The predicted molar refractivity (Wildman–Crippen MR) is 262 cm³/mol. The van der Waals surface area contributed by atoms with Crippen molar-refractivity contribution >= 4 is 49.8 Å². The molecule has 11 aromatic rings. The molecule has 0 N–H and O–H groups in total. The van der Waals surface area contributed by atoms with E-state index in [0.717, 1.165) is 44.6 Å². The minimum Gasteiger partial charge on any atom is -0.308 e. The average Bonchev–Trinajstić information content (AvgIpc) is 3.96. The summed E-state index contributed by atoms with van der Waals surface area (Å²) in [5.41, 5.74) is 20.7. The summed E-state index contributed by atoms with van der Waals surface area (Å²) in [5.74, 6) is 0.646. The van der Waals surface area contributed by atoms with Crippen LogP contribution in [0, 0.1) is 0 Å². The van der Waals surface area contributed by atoms with Gasteiger partial charge in [-0.3, -0.25) is 4.57 Å². The lowest BCUT2D eigenvalue weighted by atomic mass is 9.70. The molecule has 2 aromatic heterocycles. The van der Waals surface area contributed by atoms with E-state index in [1.54, 1.807) is 0 Å². The van der Waals surface area contributed by atoms with Gasteiger partial charge in [0.15, 0.2) is 0 Å². The first-order chi connectivity index (χ1) is 31.5. The molecule has 300 valence electrons. The Labute approximate surface area is 371 Å². The van der Waals surface area contributed by atoms with Crippen LogP contribution in [0.3, 0.4) is 0 Å². The first-order valence-corrected chi connectivity index (χ1v) is 22.3. The van der Waals surface area contributed by atoms with Crippen LogP contribution in [0.5, 0.6) is 0 Å². The first kappa shape index (κ1) is 35.5. The molecule has 0 bridgehead atoms. The topological polar surface area (TPSA) is 34.0 Å². The van der Waals surface area contributed by atoms with Crippen molar-refractivity contribution in [3.63, 3.8) is 0 Å². The first-order valence-electron chi connectivity index (χ1n) is 22.3. The third-order valence-corrected chi connectivity index (χ3v) is 14.6. The molecule has 2 aliphatic carbocycles. The predicted octanol–water partition coefficient (Wildman–Crippen LogP) is 14.8. The molecular formula is C60H40N4. The number of rotatable bonds is 3. The van der Waals surface area contributed by atoms with Gasteiger partial charge in [0.2, 0.25) is 5.95 Å². The van der Waals surface area contributed by atoms with Crippen molar-refractivity contribution in [3.05, 3.63) is 240 Å². The number of para-hydroxylation sites is 4. The fraction of sp³-hybridized carbons (Fsp3) is 0.0667. The van der Waals surface area contributed by atoms with Gasteiger partial charge in [0.25, 0.3) is 0 Å². The van der Waals surface area contributed by atoms with Crippen LogP contribution in [0.4, 0.5) is 17.1 Å². The van der Waals surface area contributed by atoms with Gasteiger partial charge in [-0.25, -0.2) is 9.97 Å². The number of hydrogen-bond donors (Lipinski definition) is 0. The molecule has 0 amide bonds. The Kier molecular flexibility index (Phi) is 7.07. The van der Waals surface area contributed by atoms with E-state index in [-0.39, 0.29) is 5.41 Å². The Hall–Kier alpha value is -8.08. The van der Waals surface area contributed by atoms with Crippen molar-refractivity contribution in [1.82, 2.24) is 14.5 Å². The van der Waals surface area contributed by atoms with E-state index in [0.29, 0.717) is 5.95 Å². The minimum atomic E-state index is -0.462. The van der Waals surface area contributed by atoms with Crippen LogP contribution in [0.2, 0.25) is 0 Å². The fourth-order valence-electron chi connectivity index (χ4n) is 11.9. The van der Waals surface area contributed by atoms with Gasteiger partial charge in [0.05, 0.1) is 39.0 Å². The second-order valence-electron chi connectivity index (χ2n) is 18.1. The van der Waals surface area contributed by atoms with Crippen molar-refractivity contribution < 1.29 is 0 Å². The van der Waals surface area contributed by atoms with Gasteiger partial charge in [-0.2, -0.15) is 0 Å². The van der Waals surface area contributed by atoms with E-state index >= 15 is 0 Å². The van der Waals surface area contributed by atoms with Crippen molar-refractivity contribution in [2.45, 2.75) is 24.7 Å². The van der Waals surface area contributed by atoms with Crippen LogP contribution in [-0.2, 0) is 10.8 Å². The highest BCUT2D eigenvalue weighted by Crippen LogP contribution is 2.63. The molecule has 0 radical (unpaired) electrons. The van der Waals surface area contributed by atoms with Crippen molar-refractivity contribution in [2.75, 3.05) is 4.90 Å². The van der Waals surface area contributed by atoms with E-state index in [9.17, 15) is 0 Å². The van der Waals surface area contributed by atoms with Crippen LogP contribution >= 0.6 is 0 Å². The highest BCUT2D eigenvalue weighted by Gasteiger charge is 2.51. The summed E-state index contributed by atoms with van der Waals surface area (Å²) >= 11 is 0. The Bertz CT molecular complexity index is 3720. The summed E-state index contributed by atoms with van der Waals surface area (Å²) in [6, 6.07) is 75.7. The molecule has 0 saturated heterocycles. The molecule has 0 fully saturated rings. The van der Waals surface area contributed by atoms with Gasteiger partial charge in [-0.15, -0.1) is 0 Å². The molecule has 9 aromatic carbocycles. The third-order valence-electron chi connectivity index (χ3n) is 14.6. The molecule has 1 spiro atoms. The van der Waals surface area contributed by atoms with Crippen molar-refractivity contribution in [3.8, 4) is 39.5 Å². The molecule has 3 aliphatic rings. The highest BCUT2D eigenvalue weighted by molar-refractivity contribution is 6.16. The summed E-state index contributed by atoms with van der Waals surface area (Å²) in [6.07, 6.45) is 0.